The molecule has 0 atom stereocenters. The molecule has 0 amide bonds. The molecule has 112 valence electrons. The highest BCUT2D eigenvalue weighted by atomic mass is 79.9. The Morgan fingerprint density at radius 2 is 2.19 bits per heavy atom. The van der Waals surface area contributed by atoms with Crippen molar-refractivity contribution in [1.82, 2.24) is 15.5 Å². The second-order valence-electron chi connectivity index (χ2n) is 5.17. The summed E-state index contributed by atoms with van der Waals surface area (Å²) >= 11 is 3.46. The summed E-state index contributed by atoms with van der Waals surface area (Å²) in [6.45, 7) is 2.43. The van der Waals surface area contributed by atoms with Crippen molar-refractivity contribution in [3.63, 3.8) is 0 Å². The maximum Gasteiger partial charge on any atom is 0.252 e. The number of rotatable bonds is 5. The van der Waals surface area contributed by atoms with E-state index < -0.39 is 0 Å². The lowest BCUT2D eigenvalue weighted by molar-refractivity contribution is 0.00859. The molecule has 1 aliphatic heterocycles. The first-order valence-corrected chi connectivity index (χ1v) is 7.97. The van der Waals surface area contributed by atoms with Crippen LogP contribution < -0.4 is 5.32 Å². The average molecular weight is 352 g/mol. The Bertz CT molecular complexity index is 582. The van der Waals surface area contributed by atoms with Gasteiger partial charge in [-0.15, -0.1) is 0 Å². The molecule has 1 aromatic carbocycles. The van der Waals surface area contributed by atoms with Crippen LogP contribution >= 0.6 is 15.9 Å². The second kappa shape index (κ2) is 7.15. The maximum absolute atomic E-state index is 5.81. The Balaban J connectivity index is 1.53. The van der Waals surface area contributed by atoms with Gasteiger partial charge in [0.15, 0.2) is 5.82 Å². The zero-order valence-corrected chi connectivity index (χ0v) is 13.3. The van der Waals surface area contributed by atoms with Gasteiger partial charge in [0, 0.05) is 10.9 Å². The van der Waals surface area contributed by atoms with E-state index in [2.05, 4.69) is 37.5 Å². The van der Waals surface area contributed by atoms with E-state index in [4.69, 9.17) is 9.26 Å². The minimum Gasteiger partial charge on any atom is -0.368 e. The molecule has 0 unspecified atom stereocenters. The highest BCUT2D eigenvalue weighted by Crippen LogP contribution is 2.15. The molecule has 1 fully saturated rings. The summed E-state index contributed by atoms with van der Waals surface area (Å²) in [5.41, 5.74) is 1.15. The first-order valence-electron chi connectivity index (χ1n) is 7.18. The first-order chi connectivity index (χ1) is 10.3. The van der Waals surface area contributed by atoms with E-state index in [-0.39, 0.29) is 0 Å². The maximum atomic E-state index is 5.81. The van der Waals surface area contributed by atoms with Crippen LogP contribution in [0.2, 0.25) is 0 Å². The second-order valence-corrected chi connectivity index (χ2v) is 6.09. The SMILES string of the molecule is Brc1cccc(Cc2noc(COC3CCNCC3)n2)c1. The summed E-state index contributed by atoms with van der Waals surface area (Å²) < 4.78 is 12.1. The Morgan fingerprint density at radius 3 is 3.00 bits per heavy atom. The number of benzene rings is 1. The molecular weight excluding hydrogens is 334 g/mol. The number of nitrogens with zero attached hydrogens (tertiary/aromatic N) is 2. The molecule has 21 heavy (non-hydrogen) atoms. The van der Waals surface area contributed by atoms with E-state index in [9.17, 15) is 0 Å². The van der Waals surface area contributed by atoms with Crippen molar-refractivity contribution < 1.29 is 9.26 Å². The van der Waals surface area contributed by atoms with Crippen molar-refractivity contribution >= 4 is 15.9 Å². The molecule has 0 aliphatic carbocycles. The van der Waals surface area contributed by atoms with E-state index in [0.29, 0.717) is 30.8 Å². The summed E-state index contributed by atoms with van der Waals surface area (Å²) in [6.07, 6.45) is 3.04. The zero-order chi connectivity index (χ0) is 14.5. The molecule has 1 aromatic heterocycles. The van der Waals surface area contributed by atoms with Gasteiger partial charge in [-0.3, -0.25) is 0 Å². The van der Waals surface area contributed by atoms with E-state index in [1.54, 1.807) is 0 Å². The molecule has 5 nitrogen and oxygen atoms in total. The van der Waals surface area contributed by atoms with E-state index >= 15 is 0 Å². The predicted molar refractivity (Wildman–Crippen MR) is 81.9 cm³/mol. The molecule has 0 bridgehead atoms. The van der Waals surface area contributed by atoms with Gasteiger partial charge in [0.1, 0.15) is 6.61 Å². The van der Waals surface area contributed by atoms with Crippen LogP contribution in [0.3, 0.4) is 0 Å². The largest absolute Gasteiger partial charge is 0.368 e. The van der Waals surface area contributed by atoms with Gasteiger partial charge in [0.2, 0.25) is 0 Å². The van der Waals surface area contributed by atoms with Gasteiger partial charge in [-0.05, 0) is 43.6 Å². The van der Waals surface area contributed by atoms with Crippen molar-refractivity contribution in [1.29, 1.82) is 0 Å². The third-order valence-corrected chi connectivity index (χ3v) is 3.98. The summed E-state index contributed by atoms with van der Waals surface area (Å²) in [7, 11) is 0. The lowest BCUT2D eigenvalue weighted by Crippen LogP contribution is -2.32. The van der Waals surface area contributed by atoms with Crippen molar-refractivity contribution in [2.45, 2.75) is 32.0 Å². The molecule has 1 N–H and O–H groups in total. The van der Waals surface area contributed by atoms with E-state index in [1.165, 1.54) is 0 Å². The lowest BCUT2D eigenvalue weighted by Gasteiger charge is -2.21. The third-order valence-electron chi connectivity index (χ3n) is 3.49. The lowest BCUT2D eigenvalue weighted by atomic mass is 10.1. The minimum absolute atomic E-state index is 0.298. The Hall–Kier alpha value is -1.24. The molecular formula is C15H18BrN3O2. The Labute approximate surface area is 132 Å². The highest BCUT2D eigenvalue weighted by molar-refractivity contribution is 9.10. The van der Waals surface area contributed by atoms with Gasteiger partial charge in [0.25, 0.3) is 5.89 Å². The Kier molecular flexibility index (Phi) is 5.00. The number of nitrogens with one attached hydrogen (secondary N) is 1. The van der Waals surface area contributed by atoms with Gasteiger partial charge in [-0.2, -0.15) is 4.98 Å². The third kappa shape index (κ3) is 4.36. The zero-order valence-electron chi connectivity index (χ0n) is 11.7. The number of aromatic nitrogens is 2. The molecule has 0 radical (unpaired) electrons. The van der Waals surface area contributed by atoms with E-state index in [1.807, 2.05) is 18.2 Å². The standard InChI is InChI=1S/C15H18BrN3O2/c16-12-3-1-2-11(8-12)9-14-18-15(21-19-14)10-20-13-4-6-17-7-5-13/h1-3,8,13,17H,4-7,9-10H2. The molecule has 6 heteroatoms. The van der Waals surface area contributed by atoms with Crippen molar-refractivity contribution in [2.75, 3.05) is 13.1 Å². The number of hydrogen-bond donors (Lipinski definition) is 1. The van der Waals surface area contributed by atoms with Crippen LogP contribution in [0.5, 0.6) is 0 Å². The fourth-order valence-corrected chi connectivity index (χ4v) is 2.85. The van der Waals surface area contributed by atoms with Crippen LogP contribution in [0.25, 0.3) is 0 Å². The van der Waals surface area contributed by atoms with Crippen molar-refractivity contribution in [3.05, 3.63) is 46.0 Å². The van der Waals surface area contributed by atoms with Gasteiger partial charge in [-0.1, -0.05) is 33.2 Å². The molecule has 2 heterocycles. The number of ether oxygens (including phenoxy) is 1. The van der Waals surface area contributed by atoms with Crippen LogP contribution in [0.15, 0.2) is 33.3 Å². The average Bonchev–Trinajstić information content (AvgIpc) is 2.94. The number of halogens is 1. The molecule has 1 aliphatic rings. The topological polar surface area (TPSA) is 60.2 Å². The normalized spacial score (nSPS) is 16.2. The number of piperidine rings is 1. The fourth-order valence-electron chi connectivity index (χ4n) is 2.40. The summed E-state index contributed by atoms with van der Waals surface area (Å²) in [6, 6.07) is 8.10. The van der Waals surface area contributed by atoms with Crippen LogP contribution in [-0.2, 0) is 17.8 Å². The molecule has 0 spiro atoms. The van der Waals surface area contributed by atoms with Crippen LogP contribution in [0, 0.1) is 0 Å². The monoisotopic (exact) mass is 351 g/mol. The van der Waals surface area contributed by atoms with Crippen LogP contribution in [0.1, 0.15) is 30.1 Å². The first kappa shape index (κ1) is 14.7. The van der Waals surface area contributed by atoms with Crippen LogP contribution in [0.4, 0.5) is 0 Å². The van der Waals surface area contributed by atoms with Crippen LogP contribution in [-0.4, -0.2) is 29.3 Å². The molecule has 1 saturated heterocycles. The van der Waals surface area contributed by atoms with Crippen molar-refractivity contribution in [3.8, 4) is 0 Å². The summed E-state index contributed by atoms with van der Waals surface area (Å²) in [5, 5.41) is 7.32. The van der Waals surface area contributed by atoms with Gasteiger partial charge in [-0.25, -0.2) is 0 Å². The van der Waals surface area contributed by atoms with E-state index in [0.717, 1.165) is 36.0 Å². The minimum atomic E-state index is 0.298. The quantitative estimate of drug-likeness (QED) is 0.897. The molecule has 2 aromatic rings. The molecule has 0 saturated carbocycles. The summed E-state index contributed by atoms with van der Waals surface area (Å²) in [5.74, 6) is 1.25. The van der Waals surface area contributed by atoms with Gasteiger partial charge in [0.05, 0.1) is 6.10 Å². The smallest absolute Gasteiger partial charge is 0.252 e. The Morgan fingerprint density at radius 1 is 1.33 bits per heavy atom. The molecule has 3 rings (SSSR count). The van der Waals surface area contributed by atoms with Crippen molar-refractivity contribution in [2.24, 2.45) is 0 Å². The number of hydrogen-bond acceptors (Lipinski definition) is 5. The highest BCUT2D eigenvalue weighted by Gasteiger charge is 2.15. The predicted octanol–water partition coefficient (Wildman–Crippen LogP) is 2.69. The van der Waals surface area contributed by atoms with Gasteiger partial charge < -0.3 is 14.6 Å². The van der Waals surface area contributed by atoms with Gasteiger partial charge >= 0.3 is 0 Å². The summed E-state index contributed by atoms with van der Waals surface area (Å²) in [4.78, 5) is 4.39. The fraction of sp³-hybridized carbons (Fsp3) is 0.467.